The molecule has 0 aliphatic rings. The van der Waals surface area contributed by atoms with Gasteiger partial charge in [-0.15, -0.1) is 0 Å². The number of carboxylic acids is 1. The Labute approximate surface area is 145 Å². The predicted molar refractivity (Wildman–Crippen MR) is 98.0 cm³/mol. The molecule has 0 saturated heterocycles. The molecule has 0 saturated carbocycles. The Morgan fingerprint density at radius 3 is 2.20 bits per heavy atom. The molecule has 4 heteroatoms. The molecule has 1 amide bonds. The highest BCUT2D eigenvalue weighted by Crippen LogP contribution is 2.23. The number of carboxylic acid groups (broad SMARTS) is 1. The molecule has 2 N–H and O–H groups in total. The van der Waals surface area contributed by atoms with Gasteiger partial charge in [0.25, 0.3) is 5.91 Å². The first kappa shape index (κ1) is 16.5. The number of rotatable bonds is 4. The van der Waals surface area contributed by atoms with Crippen LogP contribution in [0.2, 0.25) is 0 Å². The van der Waals surface area contributed by atoms with E-state index in [0.717, 1.165) is 11.1 Å². The minimum Gasteiger partial charge on any atom is -0.478 e. The zero-order valence-corrected chi connectivity index (χ0v) is 13.7. The van der Waals surface area contributed by atoms with Gasteiger partial charge in [0, 0.05) is 11.3 Å². The highest BCUT2D eigenvalue weighted by molar-refractivity contribution is 6.05. The van der Waals surface area contributed by atoms with Gasteiger partial charge in [-0.05, 0) is 48.4 Å². The molecule has 0 heterocycles. The van der Waals surface area contributed by atoms with Crippen molar-refractivity contribution < 1.29 is 14.7 Å². The molecule has 0 radical (unpaired) electrons. The fraction of sp³-hybridized carbons (Fsp3) is 0.0476. The van der Waals surface area contributed by atoms with Gasteiger partial charge in [0.05, 0.1) is 5.56 Å². The van der Waals surface area contributed by atoms with Gasteiger partial charge in [-0.25, -0.2) is 4.79 Å². The van der Waals surface area contributed by atoms with Crippen LogP contribution >= 0.6 is 0 Å². The van der Waals surface area contributed by atoms with E-state index in [1.165, 1.54) is 17.7 Å². The molecule has 0 unspecified atom stereocenters. The summed E-state index contributed by atoms with van der Waals surface area (Å²) in [5.74, 6) is -1.40. The predicted octanol–water partition coefficient (Wildman–Crippen LogP) is 4.61. The van der Waals surface area contributed by atoms with Crippen molar-refractivity contribution in [3.8, 4) is 11.1 Å². The van der Waals surface area contributed by atoms with Crippen LogP contribution in [0.3, 0.4) is 0 Å². The minimum absolute atomic E-state index is 0.0843. The quantitative estimate of drug-likeness (QED) is 0.733. The summed E-state index contributed by atoms with van der Waals surface area (Å²) >= 11 is 0. The van der Waals surface area contributed by atoms with E-state index in [9.17, 15) is 9.59 Å². The van der Waals surface area contributed by atoms with Crippen molar-refractivity contribution in [3.63, 3.8) is 0 Å². The Morgan fingerprint density at radius 1 is 0.800 bits per heavy atom. The van der Waals surface area contributed by atoms with Crippen molar-refractivity contribution in [1.82, 2.24) is 0 Å². The third kappa shape index (κ3) is 3.93. The van der Waals surface area contributed by atoms with Crippen LogP contribution in [0.4, 0.5) is 5.69 Å². The molecule has 4 nitrogen and oxygen atoms in total. The van der Waals surface area contributed by atoms with E-state index >= 15 is 0 Å². The van der Waals surface area contributed by atoms with Crippen LogP contribution in [0.1, 0.15) is 26.3 Å². The van der Waals surface area contributed by atoms with E-state index < -0.39 is 5.97 Å². The molecule has 0 aliphatic heterocycles. The number of hydrogen-bond acceptors (Lipinski definition) is 2. The van der Waals surface area contributed by atoms with Gasteiger partial charge >= 0.3 is 5.97 Å². The molecular weight excluding hydrogens is 314 g/mol. The average Bonchev–Trinajstić information content (AvgIpc) is 2.62. The van der Waals surface area contributed by atoms with E-state index in [4.69, 9.17) is 5.11 Å². The fourth-order valence-corrected chi connectivity index (χ4v) is 2.52. The Hall–Kier alpha value is -3.40. The van der Waals surface area contributed by atoms with Gasteiger partial charge < -0.3 is 10.4 Å². The van der Waals surface area contributed by atoms with Crippen LogP contribution in [0.25, 0.3) is 11.1 Å². The summed E-state index contributed by atoms with van der Waals surface area (Å²) < 4.78 is 0. The van der Waals surface area contributed by atoms with E-state index in [1.54, 1.807) is 18.2 Å². The Morgan fingerprint density at radius 2 is 1.48 bits per heavy atom. The molecule has 25 heavy (non-hydrogen) atoms. The van der Waals surface area contributed by atoms with E-state index in [1.807, 2.05) is 49.4 Å². The van der Waals surface area contributed by atoms with Gasteiger partial charge in [-0.3, -0.25) is 4.79 Å². The summed E-state index contributed by atoms with van der Waals surface area (Å²) in [7, 11) is 0. The van der Waals surface area contributed by atoms with Crippen LogP contribution < -0.4 is 5.32 Å². The Balaban J connectivity index is 1.82. The van der Waals surface area contributed by atoms with E-state index in [2.05, 4.69) is 5.32 Å². The molecule has 124 valence electrons. The van der Waals surface area contributed by atoms with Gasteiger partial charge in [0.1, 0.15) is 0 Å². The summed E-state index contributed by atoms with van der Waals surface area (Å²) in [4.78, 5) is 23.4. The van der Waals surface area contributed by atoms with Crippen LogP contribution in [0, 0.1) is 6.92 Å². The summed E-state index contributed by atoms with van der Waals surface area (Å²) in [6.45, 7) is 2.03. The zero-order chi connectivity index (χ0) is 17.8. The van der Waals surface area contributed by atoms with Gasteiger partial charge in [0.15, 0.2) is 0 Å². The monoisotopic (exact) mass is 331 g/mol. The standard InChI is InChI=1S/C21H17NO3/c1-14-8-10-15(11-9-14)16-4-3-7-19(13-16)22-20(23)17-5-2-6-18(12-17)21(24)25/h2-13H,1H3,(H,22,23)(H,24,25). The number of hydrogen-bond donors (Lipinski definition) is 2. The minimum atomic E-state index is -1.06. The maximum absolute atomic E-state index is 12.4. The van der Waals surface area contributed by atoms with Crippen molar-refractivity contribution in [2.24, 2.45) is 0 Å². The fourth-order valence-electron chi connectivity index (χ4n) is 2.52. The van der Waals surface area contributed by atoms with Crippen LogP contribution in [0.15, 0.2) is 72.8 Å². The second kappa shape index (κ2) is 7.01. The summed E-state index contributed by atoms with van der Waals surface area (Å²) in [5, 5.41) is 11.8. The molecule has 3 rings (SSSR count). The molecule has 0 fully saturated rings. The lowest BCUT2D eigenvalue weighted by Crippen LogP contribution is -2.12. The average molecular weight is 331 g/mol. The largest absolute Gasteiger partial charge is 0.478 e. The first-order valence-electron chi connectivity index (χ1n) is 7.85. The number of carbonyl (C=O) groups excluding carboxylic acids is 1. The number of benzene rings is 3. The van der Waals surface area contributed by atoms with Gasteiger partial charge in [0.2, 0.25) is 0 Å². The Kier molecular flexibility index (Phi) is 4.61. The third-order valence-corrected chi connectivity index (χ3v) is 3.88. The first-order valence-corrected chi connectivity index (χ1v) is 7.85. The lowest BCUT2D eigenvalue weighted by atomic mass is 10.0. The molecule has 0 aromatic heterocycles. The second-order valence-electron chi connectivity index (χ2n) is 5.79. The van der Waals surface area contributed by atoms with Crippen LogP contribution in [0.5, 0.6) is 0 Å². The smallest absolute Gasteiger partial charge is 0.335 e. The van der Waals surface area contributed by atoms with Gasteiger partial charge in [-0.1, -0.05) is 48.0 Å². The number of carbonyl (C=O) groups is 2. The van der Waals surface area contributed by atoms with Crippen molar-refractivity contribution in [1.29, 1.82) is 0 Å². The normalized spacial score (nSPS) is 10.3. The Bertz CT molecular complexity index is 930. The molecule has 3 aromatic carbocycles. The van der Waals surface area contributed by atoms with Crippen LogP contribution in [-0.4, -0.2) is 17.0 Å². The number of aryl methyl sites for hydroxylation is 1. The van der Waals surface area contributed by atoms with Crippen molar-refractivity contribution >= 4 is 17.6 Å². The van der Waals surface area contributed by atoms with Crippen LogP contribution in [-0.2, 0) is 0 Å². The van der Waals surface area contributed by atoms with E-state index in [0.29, 0.717) is 11.3 Å². The zero-order valence-electron chi connectivity index (χ0n) is 13.7. The third-order valence-electron chi connectivity index (χ3n) is 3.88. The summed E-state index contributed by atoms with van der Waals surface area (Å²) in [6, 6.07) is 21.7. The maximum Gasteiger partial charge on any atom is 0.335 e. The number of amides is 1. The van der Waals surface area contributed by atoms with Crippen molar-refractivity contribution in [3.05, 3.63) is 89.5 Å². The van der Waals surface area contributed by atoms with Gasteiger partial charge in [-0.2, -0.15) is 0 Å². The SMILES string of the molecule is Cc1ccc(-c2cccc(NC(=O)c3cccc(C(=O)O)c3)c2)cc1. The summed E-state index contributed by atoms with van der Waals surface area (Å²) in [5.41, 5.74) is 4.30. The molecular formula is C21H17NO3. The second-order valence-corrected chi connectivity index (χ2v) is 5.79. The molecule has 0 spiro atoms. The van der Waals surface area contributed by atoms with E-state index in [-0.39, 0.29) is 11.5 Å². The van der Waals surface area contributed by atoms with Crippen molar-refractivity contribution in [2.45, 2.75) is 6.92 Å². The topological polar surface area (TPSA) is 66.4 Å². The van der Waals surface area contributed by atoms with Crippen molar-refractivity contribution in [2.75, 3.05) is 5.32 Å². The highest BCUT2D eigenvalue weighted by Gasteiger charge is 2.10. The number of nitrogens with one attached hydrogen (secondary N) is 1. The molecule has 0 aliphatic carbocycles. The lowest BCUT2D eigenvalue weighted by molar-refractivity contribution is 0.0697. The number of anilines is 1. The molecule has 0 bridgehead atoms. The maximum atomic E-state index is 12.4. The molecule has 3 aromatic rings. The highest BCUT2D eigenvalue weighted by atomic mass is 16.4. The first-order chi connectivity index (χ1) is 12.0. The molecule has 0 atom stereocenters. The summed E-state index contributed by atoms with van der Waals surface area (Å²) in [6.07, 6.45) is 0. The lowest BCUT2D eigenvalue weighted by Gasteiger charge is -2.08. The number of aromatic carboxylic acids is 1.